The number of carboxylic acids is 1. The van der Waals surface area contributed by atoms with Crippen molar-refractivity contribution in [2.45, 2.75) is 32.2 Å². The minimum absolute atomic E-state index is 0.211. The van der Waals surface area contributed by atoms with Gasteiger partial charge in [-0.25, -0.2) is 4.79 Å². The van der Waals surface area contributed by atoms with Crippen LogP contribution in [0.2, 0.25) is 0 Å². The Morgan fingerprint density at radius 3 is 2.70 bits per heavy atom. The maximum atomic E-state index is 12.6. The molecule has 1 fully saturated rings. The number of hydrogen-bond acceptors (Lipinski definition) is 3. The van der Waals surface area contributed by atoms with Crippen LogP contribution in [0, 0.1) is 6.92 Å². The summed E-state index contributed by atoms with van der Waals surface area (Å²) >= 11 is 0. The zero-order valence-electron chi connectivity index (χ0n) is 11.8. The molecule has 1 unspecified atom stereocenters. The van der Waals surface area contributed by atoms with Gasteiger partial charge in [-0.05, 0) is 49.9 Å². The van der Waals surface area contributed by atoms with Gasteiger partial charge >= 0.3 is 5.97 Å². The third kappa shape index (κ3) is 2.76. The van der Waals surface area contributed by atoms with Crippen molar-refractivity contribution in [3.8, 4) is 5.75 Å². The Labute approximate surface area is 118 Å². The molecule has 5 heteroatoms. The lowest BCUT2D eigenvalue weighted by atomic mass is 9.99. The number of carboxylic acid groups (broad SMARTS) is 1. The maximum Gasteiger partial charge on any atom is 0.326 e. The molecular formula is C15H19NO4. The van der Waals surface area contributed by atoms with E-state index in [1.165, 1.54) is 4.90 Å². The molecular weight excluding hydrogens is 258 g/mol. The van der Waals surface area contributed by atoms with Gasteiger partial charge in [-0.1, -0.05) is 0 Å². The van der Waals surface area contributed by atoms with Crippen LogP contribution < -0.4 is 4.74 Å². The number of nitrogens with zero attached hydrogens (tertiary/aromatic N) is 1. The van der Waals surface area contributed by atoms with Crippen molar-refractivity contribution < 1.29 is 19.4 Å². The summed E-state index contributed by atoms with van der Waals surface area (Å²) in [7, 11) is 1.57. The third-order valence-corrected chi connectivity index (χ3v) is 3.71. The number of rotatable bonds is 3. The second kappa shape index (κ2) is 5.94. The van der Waals surface area contributed by atoms with Gasteiger partial charge in [0.1, 0.15) is 11.8 Å². The van der Waals surface area contributed by atoms with Crippen molar-refractivity contribution in [1.82, 2.24) is 4.90 Å². The summed E-state index contributed by atoms with van der Waals surface area (Å²) in [5, 5.41) is 9.24. The summed E-state index contributed by atoms with van der Waals surface area (Å²) in [5.74, 6) is -0.450. The van der Waals surface area contributed by atoms with Crippen molar-refractivity contribution in [1.29, 1.82) is 0 Å². The quantitative estimate of drug-likeness (QED) is 0.918. The van der Waals surface area contributed by atoms with E-state index >= 15 is 0 Å². The van der Waals surface area contributed by atoms with E-state index in [0.717, 1.165) is 18.4 Å². The van der Waals surface area contributed by atoms with Crippen LogP contribution in [0.4, 0.5) is 0 Å². The molecule has 108 valence electrons. The topological polar surface area (TPSA) is 66.8 Å². The molecule has 0 bridgehead atoms. The first-order valence-electron chi connectivity index (χ1n) is 6.73. The predicted octanol–water partition coefficient (Wildman–Crippen LogP) is 2.08. The fourth-order valence-electron chi connectivity index (χ4n) is 2.59. The smallest absolute Gasteiger partial charge is 0.326 e. The highest BCUT2D eigenvalue weighted by atomic mass is 16.5. The number of carbonyl (C=O) groups is 2. The highest BCUT2D eigenvalue weighted by Gasteiger charge is 2.32. The van der Waals surface area contributed by atoms with Crippen LogP contribution in [0.3, 0.4) is 0 Å². The fourth-order valence-corrected chi connectivity index (χ4v) is 2.59. The van der Waals surface area contributed by atoms with Crippen molar-refractivity contribution in [3.05, 3.63) is 29.3 Å². The van der Waals surface area contributed by atoms with E-state index in [4.69, 9.17) is 4.74 Å². The molecule has 1 heterocycles. The van der Waals surface area contributed by atoms with Gasteiger partial charge in [0.2, 0.25) is 0 Å². The molecule has 1 aliphatic heterocycles. The first-order chi connectivity index (χ1) is 9.54. The van der Waals surface area contributed by atoms with E-state index < -0.39 is 12.0 Å². The number of aliphatic carboxylic acids is 1. The van der Waals surface area contributed by atoms with Crippen molar-refractivity contribution >= 4 is 11.9 Å². The predicted molar refractivity (Wildman–Crippen MR) is 74.0 cm³/mol. The van der Waals surface area contributed by atoms with E-state index in [2.05, 4.69) is 0 Å². The van der Waals surface area contributed by atoms with Gasteiger partial charge in [-0.2, -0.15) is 0 Å². The van der Waals surface area contributed by atoms with E-state index in [0.29, 0.717) is 24.3 Å². The van der Waals surface area contributed by atoms with Gasteiger partial charge in [0.25, 0.3) is 5.91 Å². The Morgan fingerprint density at radius 2 is 2.10 bits per heavy atom. The van der Waals surface area contributed by atoms with Crippen LogP contribution in [-0.2, 0) is 4.79 Å². The van der Waals surface area contributed by atoms with Gasteiger partial charge in [0.05, 0.1) is 7.11 Å². The van der Waals surface area contributed by atoms with Gasteiger partial charge in [0.15, 0.2) is 0 Å². The first-order valence-corrected chi connectivity index (χ1v) is 6.73. The molecule has 0 saturated carbocycles. The van der Waals surface area contributed by atoms with Crippen LogP contribution in [0.15, 0.2) is 18.2 Å². The number of methoxy groups -OCH3 is 1. The van der Waals surface area contributed by atoms with E-state index in [9.17, 15) is 14.7 Å². The molecule has 1 aliphatic rings. The number of benzene rings is 1. The second-order valence-corrected chi connectivity index (χ2v) is 5.03. The number of ether oxygens (including phenoxy) is 1. The summed E-state index contributed by atoms with van der Waals surface area (Å²) in [5.41, 5.74) is 1.34. The second-order valence-electron chi connectivity index (χ2n) is 5.03. The van der Waals surface area contributed by atoms with E-state index in [1.807, 2.05) is 6.92 Å². The summed E-state index contributed by atoms with van der Waals surface area (Å²) in [6.07, 6.45) is 2.23. The summed E-state index contributed by atoms with van der Waals surface area (Å²) in [4.78, 5) is 25.3. The minimum atomic E-state index is -0.927. The minimum Gasteiger partial charge on any atom is -0.497 e. The molecule has 1 saturated heterocycles. The van der Waals surface area contributed by atoms with E-state index in [-0.39, 0.29) is 5.91 Å². The average molecular weight is 277 g/mol. The number of carbonyl (C=O) groups excluding carboxylic acids is 1. The van der Waals surface area contributed by atoms with Gasteiger partial charge in [0, 0.05) is 12.1 Å². The molecule has 20 heavy (non-hydrogen) atoms. The van der Waals surface area contributed by atoms with Crippen molar-refractivity contribution in [2.24, 2.45) is 0 Å². The molecule has 1 aromatic carbocycles. The molecule has 1 aromatic rings. The zero-order valence-corrected chi connectivity index (χ0v) is 11.8. The Hall–Kier alpha value is -2.04. The number of hydrogen-bond donors (Lipinski definition) is 1. The van der Waals surface area contributed by atoms with Crippen molar-refractivity contribution in [2.75, 3.05) is 13.7 Å². The molecule has 5 nitrogen and oxygen atoms in total. The SMILES string of the molecule is COc1ccc(C(=O)N2CCCCC2C(=O)O)c(C)c1. The molecule has 1 N–H and O–H groups in total. The lowest BCUT2D eigenvalue weighted by Gasteiger charge is -2.33. The largest absolute Gasteiger partial charge is 0.497 e. The highest BCUT2D eigenvalue weighted by Crippen LogP contribution is 2.23. The van der Waals surface area contributed by atoms with Gasteiger partial charge < -0.3 is 14.7 Å². The lowest BCUT2D eigenvalue weighted by Crippen LogP contribution is -2.48. The Morgan fingerprint density at radius 1 is 1.35 bits per heavy atom. The standard InChI is InChI=1S/C15H19NO4/c1-10-9-11(20-2)6-7-12(10)14(17)16-8-4-3-5-13(16)15(18)19/h6-7,9,13H,3-5,8H2,1-2H3,(H,18,19). The number of aryl methyl sites for hydroxylation is 1. The lowest BCUT2D eigenvalue weighted by molar-refractivity contribution is -0.143. The van der Waals surface area contributed by atoms with Crippen LogP contribution in [-0.4, -0.2) is 41.6 Å². The Bertz CT molecular complexity index is 527. The molecule has 1 amide bonds. The Kier molecular flexibility index (Phi) is 4.27. The molecule has 2 rings (SSSR count). The summed E-state index contributed by atoms with van der Waals surface area (Å²) in [6.45, 7) is 2.33. The number of piperidine rings is 1. The van der Waals surface area contributed by atoms with E-state index in [1.54, 1.807) is 25.3 Å². The fraction of sp³-hybridized carbons (Fsp3) is 0.467. The molecule has 0 radical (unpaired) electrons. The third-order valence-electron chi connectivity index (χ3n) is 3.71. The Balaban J connectivity index is 2.27. The first kappa shape index (κ1) is 14.4. The van der Waals surface area contributed by atoms with Crippen LogP contribution in [0.5, 0.6) is 5.75 Å². The summed E-state index contributed by atoms with van der Waals surface area (Å²) < 4.78 is 5.12. The summed E-state index contributed by atoms with van der Waals surface area (Å²) in [6, 6.07) is 4.49. The molecule has 0 aromatic heterocycles. The molecule has 1 atom stereocenters. The van der Waals surface area contributed by atoms with Crippen LogP contribution in [0.25, 0.3) is 0 Å². The molecule has 0 aliphatic carbocycles. The van der Waals surface area contributed by atoms with Gasteiger partial charge in [-0.15, -0.1) is 0 Å². The molecule has 0 spiro atoms. The number of amides is 1. The normalized spacial score (nSPS) is 18.7. The van der Waals surface area contributed by atoms with Crippen molar-refractivity contribution in [3.63, 3.8) is 0 Å². The van der Waals surface area contributed by atoms with Crippen LogP contribution >= 0.6 is 0 Å². The average Bonchev–Trinajstić information content (AvgIpc) is 2.46. The number of likely N-dealkylation sites (tertiary alicyclic amines) is 1. The van der Waals surface area contributed by atoms with Gasteiger partial charge in [-0.3, -0.25) is 4.79 Å². The monoisotopic (exact) mass is 277 g/mol. The maximum absolute atomic E-state index is 12.6. The van der Waals surface area contributed by atoms with Crippen LogP contribution in [0.1, 0.15) is 35.2 Å². The highest BCUT2D eigenvalue weighted by molar-refractivity contribution is 5.98. The zero-order chi connectivity index (χ0) is 14.7.